The third kappa shape index (κ3) is 3.53. The summed E-state index contributed by atoms with van der Waals surface area (Å²) in [4.78, 5) is 4.73. The summed E-state index contributed by atoms with van der Waals surface area (Å²) < 4.78 is 1.01. The molecule has 1 aromatic carbocycles. The topological polar surface area (TPSA) is 50.9 Å². The molecule has 102 valence electrons. The Bertz CT molecular complexity index is 554. The van der Waals surface area contributed by atoms with Gasteiger partial charge >= 0.3 is 0 Å². The summed E-state index contributed by atoms with van der Waals surface area (Å²) in [7, 11) is 0. The largest absolute Gasteiger partial charge is 0.271 e. The molecule has 19 heavy (non-hydrogen) atoms. The summed E-state index contributed by atoms with van der Waals surface area (Å²) >= 11 is 3.61. The minimum absolute atomic E-state index is 0.0846. The van der Waals surface area contributed by atoms with Gasteiger partial charge in [0.1, 0.15) is 0 Å². The van der Waals surface area contributed by atoms with Crippen LogP contribution in [-0.4, -0.2) is 4.98 Å². The van der Waals surface area contributed by atoms with Gasteiger partial charge in [0, 0.05) is 9.86 Å². The van der Waals surface area contributed by atoms with Crippen molar-refractivity contribution in [1.82, 2.24) is 10.4 Å². The fourth-order valence-electron chi connectivity index (χ4n) is 2.15. The number of aromatic nitrogens is 1. The first kappa shape index (κ1) is 14.4. The van der Waals surface area contributed by atoms with Gasteiger partial charge in [0.25, 0.3) is 0 Å². The van der Waals surface area contributed by atoms with E-state index in [4.69, 9.17) is 10.8 Å². The zero-order chi connectivity index (χ0) is 13.8. The van der Waals surface area contributed by atoms with Crippen molar-refractivity contribution in [1.29, 1.82) is 0 Å². The minimum Gasteiger partial charge on any atom is -0.271 e. The molecule has 0 aliphatic heterocycles. The number of nitrogens with zero attached hydrogens (tertiary/aromatic N) is 1. The number of pyridine rings is 1. The van der Waals surface area contributed by atoms with Crippen LogP contribution in [-0.2, 0) is 0 Å². The van der Waals surface area contributed by atoms with E-state index >= 15 is 0 Å². The second-order valence-electron chi connectivity index (χ2n) is 5.24. The van der Waals surface area contributed by atoms with Gasteiger partial charge in [-0.2, -0.15) is 0 Å². The number of hydrazine groups is 1. The quantitative estimate of drug-likeness (QED) is 0.647. The number of para-hydroxylation sites is 1. The summed E-state index contributed by atoms with van der Waals surface area (Å²) in [5.74, 6) is 6.36. The van der Waals surface area contributed by atoms with Crippen molar-refractivity contribution in [2.75, 3.05) is 0 Å². The number of nitrogens with two attached hydrogens (primary N) is 1. The normalized spacial score (nSPS) is 13.1. The van der Waals surface area contributed by atoms with E-state index in [1.807, 2.05) is 18.2 Å². The second-order valence-corrected chi connectivity index (χ2v) is 6.09. The Hall–Kier alpha value is -0.970. The molecule has 0 spiro atoms. The lowest BCUT2D eigenvalue weighted by atomic mass is 10.0. The van der Waals surface area contributed by atoms with Crippen molar-refractivity contribution >= 4 is 26.8 Å². The summed E-state index contributed by atoms with van der Waals surface area (Å²) in [6.45, 7) is 4.44. The fraction of sp³-hybridized carbons (Fsp3) is 0.400. The van der Waals surface area contributed by atoms with E-state index in [9.17, 15) is 0 Å². The zero-order valence-electron chi connectivity index (χ0n) is 11.4. The fourth-order valence-corrected chi connectivity index (χ4v) is 2.76. The van der Waals surface area contributed by atoms with Gasteiger partial charge < -0.3 is 0 Å². The highest BCUT2D eigenvalue weighted by molar-refractivity contribution is 9.10. The van der Waals surface area contributed by atoms with Crippen molar-refractivity contribution < 1.29 is 0 Å². The number of hydrogen-bond acceptors (Lipinski definition) is 3. The monoisotopic (exact) mass is 321 g/mol. The van der Waals surface area contributed by atoms with Crippen molar-refractivity contribution in [3.8, 4) is 0 Å². The highest BCUT2D eigenvalue weighted by Gasteiger charge is 2.16. The van der Waals surface area contributed by atoms with Crippen LogP contribution in [0.3, 0.4) is 0 Å². The lowest BCUT2D eigenvalue weighted by molar-refractivity contribution is 0.441. The molecule has 0 radical (unpaired) electrons. The molecule has 0 amide bonds. The molecule has 0 bridgehead atoms. The van der Waals surface area contributed by atoms with E-state index in [-0.39, 0.29) is 6.04 Å². The summed E-state index contributed by atoms with van der Waals surface area (Å²) in [5, 5.41) is 1.14. The average Bonchev–Trinajstić information content (AvgIpc) is 2.39. The van der Waals surface area contributed by atoms with Crippen LogP contribution in [0.25, 0.3) is 10.9 Å². The molecule has 0 saturated carbocycles. The maximum Gasteiger partial charge on any atom is 0.0736 e. The molecule has 2 aromatic rings. The van der Waals surface area contributed by atoms with Crippen LogP contribution in [0.4, 0.5) is 0 Å². The SMILES string of the molecule is CC(C)CCC(NN)c1nc2ccccc2cc1Br. The van der Waals surface area contributed by atoms with Crippen LogP contribution < -0.4 is 11.3 Å². The molecule has 1 heterocycles. The van der Waals surface area contributed by atoms with Crippen LogP contribution in [0.1, 0.15) is 38.4 Å². The molecule has 0 saturated heterocycles. The van der Waals surface area contributed by atoms with Crippen molar-refractivity contribution in [3.05, 3.63) is 40.5 Å². The Kier molecular flexibility index (Phi) is 4.91. The zero-order valence-corrected chi connectivity index (χ0v) is 12.9. The van der Waals surface area contributed by atoms with Crippen LogP contribution in [0, 0.1) is 5.92 Å². The first-order chi connectivity index (χ1) is 9.11. The van der Waals surface area contributed by atoms with E-state index < -0.39 is 0 Å². The molecule has 0 fully saturated rings. The smallest absolute Gasteiger partial charge is 0.0736 e. The number of halogens is 1. The van der Waals surface area contributed by atoms with Gasteiger partial charge in [0.2, 0.25) is 0 Å². The maximum absolute atomic E-state index is 5.69. The first-order valence-corrected chi connectivity index (χ1v) is 7.42. The lowest BCUT2D eigenvalue weighted by Crippen LogP contribution is -2.29. The second kappa shape index (κ2) is 6.46. The minimum atomic E-state index is 0.0846. The molecule has 1 aromatic heterocycles. The summed E-state index contributed by atoms with van der Waals surface area (Å²) in [6, 6.07) is 10.3. The number of rotatable bonds is 5. The van der Waals surface area contributed by atoms with Gasteiger partial charge in [-0.05, 0) is 46.8 Å². The van der Waals surface area contributed by atoms with Gasteiger partial charge in [-0.3, -0.25) is 11.3 Å². The van der Waals surface area contributed by atoms with Crippen molar-refractivity contribution in [3.63, 3.8) is 0 Å². The van der Waals surface area contributed by atoms with Crippen molar-refractivity contribution in [2.24, 2.45) is 11.8 Å². The Morgan fingerprint density at radius 3 is 2.68 bits per heavy atom. The third-order valence-electron chi connectivity index (χ3n) is 3.27. The highest BCUT2D eigenvalue weighted by atomic mass is 79.9. The predicted molar refractivity (Wildman–Crippen MR) is 83.6 cm³/mol. The lowest BCUT2D eigenvalue weighted by Gasteiger charge is -2.18. The number of nitrogens with one attached hydrogen (secondary N) is 1. The highest BCUT2D eigenvalue weighted by Crippen LogP contribution is 2.28. The molecule has 4 heteroatoms. The van der Waals surface area contributed by atoms with Crippen molar-refractivity contribution in [2.45, 2.75) is 32.7 Å². The van der Waals surface area contributed by atoms with Crippen LogP contribution in [0.5, 0.6) is 0 Å². The van der Waals surface area contributed by atoms with E-state index in [0.717, 1.165) is 33.9 Å². The van der Waals surface area contributed by atoms with E-state index in [1.165, 1.54) is 0 Å². The number of benzene rings is 1. The Balaban J connectivity index is 2.33. The molecule has 1 atom stereocenters. The van der Waals surface area contributed by atoms with Gasteiger partial charge in [0.15, 0.2) is 0 Å². The summed E-state index contributed by atoms with van der Waals surface area (Å²) in [6.07, 6.45) is 2.11. The van der Waals surface area contributed by atoms with Gasteiger partial charge in [-0.15, -0.1) is 0 Å². The molecule has 3 nitrogen and oxygen atoms in total. The van der Waals surface area contributed by atoms with Gasteiger partial charge in [-0.1, -0.05) is 32.0 Å². The standard InChI is InChI=1S/C15H20BrN3/c1-10(2)7-8-14(19-17)15-12(16)9-11-5-3-4-6-13(11)18-15/h3-6,9-10,14,19H,7-8,17H2,1-2H3. The molecular weight excluding hydrogens is 302 g/mol. The molecule has 0 aliphatic carbocycles. The number of fused-ring (bicyclic) bond motifs is 1. The van der Waals surface area contributed by atoms with E-state index in [2.05, 4.69) is 47.3 Å². The Morgan fingerprint density at radius 1 is 1.26 bits per heavy atom. The van der Waals surface area contributed by atoms with Gasteiger partial charge in [0.05, 0.1) is 17.3 Å². The Morgan fingerprint density at radius 2 is 2.00 bits per heavy atom. The van der Waals surface area contributed by atoms with Gasteiger partial charge in [-0.25, -0.2) is 4.98 Å². The number of hydrogen-bond donors (Lipinski definition) is 2. The van der Waals surface area contributed by atoms with Crippen LogP contribution in [0.2, 0.25) is 0 Å². The molecule has 1 unspecified atom stereocenters. The molecule has 0 aliphatic rings. The predicted octanol–water partition coefficient (Wildman–Crippen LogP) is 3.94. The maximum atomic E-state index is 5.69. The molecule has 3 N–H and O–H groups in total. The molecule has 2 rings (SSSR count). The molecular formula is C15H20BrN3. The average molecular weight is 322 g/mol. The third-order valence-corrected chi connectivity index (χ3v) is 3.90. The van der Waals surface area contributed by atoms with Crippen LogP contribution in [0.15, 0.2) is 34.8 Å². The van der Waals surface area contributed by atoms with Crippen LogP contribution >= 0.6 is 15.9 Å². The van der Waals surface area contributed by atoms with E-state index in [1.54, 1.807) is 0 Å². The Labute approximate surface area is 122 Å². The first-order valence-electron chi connectivity index (χ1n) is 6.63. The van der Waals surface area contributed by atoms with E-state index in [0.29, 0.717) is 5.92 Å². The summed E-state index contributed by atoms with van der Waals surface area (Å²) in [5.41, 5.74) is 4.88.